The molecule has 3 aromatic carbocycles. The van der Waals surface area contributed by atoms with Gasteiger partial charge in [-0.05, 0) is 80.1 Å². The van der Waals surface area contributed by atoms with Gasteiger partial charge in [0.25, 0.3) is 5.91 Å². The van der Waals surface area contributed by atoms with E-state index in [0.29, 0.717) is 36.0 Å². The molecule has 0 spiro atoms. The van der Waals surface area contributed by atoms with E-state index < -0.39 is 0 Å². The lowest BCUT2D eigenvalue weighted by Gasteiger charge is -2.29. The first-order valence-electron chi connectivity index (χ1n) is 15.1. The Hall–Kier alpha value is -5.03. The zero-order chi connectivity index (χ0) is 31.7. The first-order chi connectivity index (χ1) is 21.7. The zero-order valence-corrected chi connectivity index (χ0v) is 26.2. The lowest BCUT2D eigenvalue weighted by atomic mass is 9.89. The van der Waals surface area contributed by atoms with E-state index in [4.69, 9.17) is 14.7 Å². The first kappa shape index (κ1) is 30.0. The van der Waals surface area contributed by atoms with Crippen molar-refractivity contribution in [3.05, 3.63) is 77.9 Å². The zero-order valence-electron chi connectivity index (χ0n) is 26.2. The van der Waals surface area contributed by atoms with Gasteiger partial charge in [0.2, 0.25) is 0 Å². The number of morpholine rings is 1. The molecule has 2 aliphatic heterocycles. The smallest absolute Gasteiger partial charge is 0.323 e. The highest BCUT2D eigenvalue weighted by Gasteiger charge is 2.31. The summed E-state index contributed by atoms with van der Waals surface area (Å²) in [5, 5.41) is 13.4. The number of carbonyl (C=O) groups is 2. The second kappa shape index (κ2) is 12.5. The number of benzene rings is 3. The molecule has 0 aliphatic carbocycles. The molecule has 0 bridgehead atoms. The minimum Gasteiger partial charge on any atom is -0.378 e. The summed E-state index contributed by atoms with van der Waals surface area (Å²) < 4.78 is 5.62. The molecule has 4 aromatic rings. The molecule has 2 aliphatic rings. The van der Waals surface area contributed by atoms with Crippen LogP contribution in [0.15, 0.2) is 71.8 Å². The fourth-order valence-electron chi connectivity index (χ4n) is 5.91. The van der Waals surface area contributed by atoms with Gasteiger partial charge in [-0.1, -0.05) is 6.07 Å². The van der Waals surface area contributed by atoms with Gasteiger partial charge in [-0.3, -0.25) is 9.80 Å². The monoisotopic (exact) mass is 606 g/mol. The van der Waals surface area contributed by atoms with Crippen molar-refractivity contribution in [2.75, 3.05) is 63.0 Å². The number of hydrogen-bond acceptors (Lipinski definition) is 8. The van der Waals surface area contributed by atoms with Gasteiger partial charge in [0, 0.05) is 73.8 Å². The van der Waals surface area contributed by atoms with E-state index in [0.717, 1.165) is 41.1 Å². The van der Waals surface area contributed by atoms with Crippen LogP contribution in [0.1, 0.15) is 35.7 Å². The molecule has 3 heterocycles. The molecule has 3 amide bonds. The Morgan fingerprint density at radius 2 is 1.56 bits per heavy atom. The number of amides is 3. The highest BCUT2D eigenvalue weighted by molar-refractivity contribution is 6.01. The van der Waals surface area contributed by atoms with Crippen LogP contribution in [0.2, 0.25) is 0 Å². The molecular weight excluding hydrogens is 568 g/mol. The SMILES string of the molecule is CC1=NN(C)C(C)C1c1ccc2c(N3CCOCC3)nc(-c3ccc(NC(=O)Nc4ccc(C(=O)N(C)C)cc4)cc3)nc2c1. The number of rotatable bonds is 6. The van der Waals surface area contributed by atoms with Crippen LogP contribution >= 0.6 is 0 Å². The molecule has 232 valence electrons. The van der Waals surface area contributed by atoms with Gasteiger partial charge in [0.15, 0.2) is 5.82 Å². The molecule has 1 aromatic heterocycles. The summed E-state index contributed by atoms with van der Waals surface area (Å²) in [7, 11) is 5.41. The number of nitrogens with one attached hydrogen (secondary N) is 2. The van der Waals surface area contributed by atoms with Gasteiger partial charge >= 0.3 is 6.03 Å². The Morgan fingerprint density at radius 1 is 0.911 bits per heavy atom. The minimum absolute atomic E-state index is 0.0974. The lowest BCUT2D eigenvalue weighted by Crippen LogP contribution is -2.37. The normalized spacial score (nSPS) is 18.1. The fraction of sp³-hybridized carbons (Fsp3) is 0.324. The Kier molecular flexibility index (Phi) is 8.36. The van der Waals surface area contributed by atoms with E-state index in [1.54, 1.807) is 38.4 Å². The fourth-order valence-corrected chi connectivity index (χ4v) is 5.91. The van der Waals surface area contributed by atoms with Crippen molar-refractivity contribution in [3.8, 4) is 11.4 Å². The molecule has 1 fully saturated rings. The molecule has 2 unspecified atom stereocenters. The third kappa shape index (κ3) is 6.30. The highest BCUT2D eigenvalue weighted by Crippen LogP contribution is 2.35. The van der Waals surface area contributed by atoms with Gasteiger partial charge in [-0.15, -0.1) is 0 Å². The Bertz CT molecular complexity index is 1750. The van der Waals surface area contributed by atoms with Crippen LogP contribution in [-0.2, 0) is 4.74 Å². The van der Waals surface area contributed by atoms with E-state index in [-0.39, 0.29) is 23.9 Å². The first-order valence-corrected chi connectivity index (χ1v) is 15.1. The highest BCUT2D eigenvalue weighted by atomic mass is 16.5. The number of urea groups is 1. The van der Waals surface area contributed by atoms with Gasteiger partial charge in [0.05, 0.1) is 24.8 Å². The number of carbonyl (C=O) groups excluding carboxylic acids is 2. The van der Waals surface area contributed by atoms with Gasteiger partial charge in [0.1, 0.15) is 5.82 Å². The third-order valence-corrected chi connectivity index (χ3v) is 8.40. The molecule has 1 saturated heterocycles. The molecule has 2 atom stereocenters. The Balaban J connectivity index is 1.24. The minimum atomic E-state index is -0.385. The number of ether oxygens (including phenoxy) is 1. The van der Waals surface area contributed by atoms with Crippen molar-refractivity contribution in [1.82, 2.24) is 19.9 Å². The van der Waals surface area contributed by atoms with Gasteiger partial charge in [-0.25, -0.2) is 14.8 Å². The van der Waals surface area contributed by atoms with Crippen molar-refractivity contribution in [2.24, 2.45) is 5.10 Å². The van der Waals surface area contributed by atoms with E-state index >= 15 is 0 Å². The number of anilines is 3. The van der Waals surface area contributed by atoms with Crippen molar-refractivity contribution >= 4 is 45.7 Å². The van der Waals surface area contributed by atoms with E-state index in [2.05, 4.69) is 52.7 Å². The maximum atomic E-state index is 12.7. The lowest BCUT2D eigenvalue weighted by molar-refractivity contribution is 0.0827. The maximum Gasteiger partial charge on any atom is 0.323 e. The van der Waals surface area contributed by atoms with Crippen LogP contribution in [0.3, 0.4) is 0 Å². The molecule has 0 saturated carbocycles. The van der Waals surface area contributed by atoms with Crippen LogP contribution in [0.4, 0.5) is 22.0 Å². The number of aromatic nitrogens is 2. The topological polar surface area (TPSA) is 115 Å². The Labute approximate surface area is 262 Å². The number of fused-ring (bicyclic) bond motifs is 1. The second-order valence-electron chi connectivity index (χ2n) is 11.7. The van der Waals surface area contributed by atoms with Crippen LogP contribution < -0.4 is 15.5 Å². The summed E-state index contributed by atoms with van der Waals surface area (Å²) in [6.45, 7) is 7.11. The van der Waals surface area contributed by atoms with Crippen molar-refractivity contribution in [2.45, 2.75) is 25.8 Å². The molecule has 45 heavy (non-hydrogen) atoms. The molecule has 0 radical (unpaired) electrons. The van der Waals surface area contributed by atoms with Crippen LogP contribution in [0, 0.1) is 0 Å². The summed E-state index contributed by atoms with van der Waals surface area (Å²) in [4.78, 5) is 38.7. The predicted octanol–water partition coefficient (Wildman–Crippen LogP) is 5.27. The average Bonchev–Trinajstić information content (AvgIpc) is 3.30. The van der Waals surface area contributed by atoms with E-state index in [1.807, 2.05) is 36.3 Å². The van der Waals surface area contributed by atoms with Crippen molar-refractivity contribution in [3.63, 3.8) is 0 Å². The average molecular weight is 607 g/mol. The van der Waals surface area contributed by atoms with Crippen molar-refractivity contribution in [1.29, 1.82) is 0 Å². The van der Waals surface area contributed by atoms with Crippen LogP contribution in [-0.4, -0.2) is 91.0 Å². The van der Waals surface area contributed by atoms with Gasteiger partial charge in [-0.2, -0.15) is 5.10 Å². The Morgan fingerprint density at radius 3 is 2.16 bits per heavy atom. The summed E-state index contributed by atoms with van der Waals surface area (Å²) >= 11 is 0. The van der Waals surface area contributed by atoms with Crippen LogP contribution in [0.25, 0.3) is 22.3 Å². The summed E-state index contributed by atoms with van der Waals surface area (Å²) in [6.07, 6.45) is 0. The van der Waals surface area contributed by atoms with Gasteiger partial charge < -0.3 is 25.2 Å². The summed E-state index contributed by atoms with van der Waals surface area (Å²) in [6, 6.07) is 20.6. The predicted molar refractivity (Wildman–Crippen MR) is 178 cm³/mol. The molecule has 11 nitrogen and oxygen atoms in total. The number of hydrogen-bond donors (Lipinski definition) is 2. The number of nitrogens with zero attached hydrogens (tertiary/aromatic N) is 6. The largest absolute Gasteiger partial charge is 0.378 e. The third-order valence-electron chi connectivity index (χ3n) is 8.40. The molecule has 6 rings (SSSR count). The molecular formula is C34H38N8O3. The van der Waals surface area contributed by atoms with E-state index in [9.17, 15) is 9.59 Å². The maximum absolute atomic E-state index is 12.7. The summed E-state index contributed by atoms with van der Waals surface area (Å²) in [5.41, 5.74) is 5.76. The van der Waals surface area contributed by atoms with Crippen LogP contribution in [0.5, 0.6) is 0 Å². The quantitative estimate of drug-likeness (QED) is 0.307. The van der Waals surface area contributed by atoms with Crippen molar-refractivity contribution < 1.29 is 14.3 Å². The second-order valence-corrected chi connectivity index (χ2v) is 11.7. The standard InChI is InChI=1S/C34H38N8O3/c1-21-30(22(2)41(5)39-21)25-10-15-28-29(20-25)37-31(38-32(28)42-16-18-45-19-17-42)23-6-11-26(12-7-23)35-34(44)36-27-13-8-24(9-14-27)33(43)40(3)4/h6-15,20,22,30H,16-19H2,1-5H3,(H2,35,36,44). The number of likely N-dealkylation sites (N-methyl/N-ethyl adjacent to an activating group) is 1. The summed E-state index contributed by atoms with van der Waals surface area (Å²) in [5.74, 6) is 1.61. The number of hydrazone groups is 1. The molecule has 2 N–H and O–H groups in total. The van der Waals surface area contributed by atoms with E-state index in [1.165, 1.54) is 10.5 Å². The molecule has 11 heteroatoms.